The monoisotopic (exact) mass is 263 g/mol. The third-order valence-electron chi connectivity index (χ3n) is 4.85. The van der Waals surface area contributed by atoms with Crippen LogP contribution in [-0.4, -0.2) is 23.9 Å². The summed E-state index contributed by atoms with van der Waals surface area (Å²) in [6.07, 6.45) is 8.00. The van der Waals surface area contributed by atoms with E-state index in [0.717, 1.165) is 38.3 Å². The van der Waals surface area contributed by atoms with E-state index in [1.54, 1.807) is 0 Å². The molecule has 0 bridgehead atoms. The fourth-order valence-electron chi connectivity index (χ4n) is 3.32. The molecule has 0 aromatic carbocycles. The molecule has 0 radical (unpaired) electrons. The lowest BCUT2D eigenvalue weighted by molar-refractivity contribution is -0.136. The molecule has 0 aromatic rings. The van der Waals surface area contributed by atoms with Crippen molar-refractivity contribution in [1.29, 1.82) is 0 Å². The summed E-state index contributed by atoms with van der Waals surface area (Å²) in [6, 6.07) is 0. The van der Waals surface area contributed by atoms with Gasteiger partial charge < -0.3 is 4.90 Å². The Labute approximate surface area is 118 Å². The topological polar surface area (TPSA) is 20.3 Å². The summed E-state index contributed by atoms with van der Waals surface area (Å²) in [5, 5.41) is 0. The van der Waals surface area contributed by atoms with Crippen LogP contribution in [0.3, 0.4) is 0 Å². The zero-order chi connectivity index (χ0) is 14.0. The van der Waals surface area contributed by atoms with Crippen LogP contribution < -0.4 is 0 Å². The minimum atomic E-state index is 0.259. The summed E-state index contributed by atoms with van der Waals surface area (Å²) in [5.74, 6) is 1.54. The number of hydrogen-bond donors (Lipinski definition) is 0. The van der Waals surface area contributed by atoms with Crippen LogP contribution in [0.2, 0.25) is 0 Å². The van der Waals surface area contributed by atoms with Crippen molar-refractivity contribution >= 4 is 5.91 Å². The Kier molecular flexibility index (Phi) is 4.37. The first-order valence-electron chi connectivity index (χ1n) is 7.86. The molecule has 0 N–H and O–H groups in total. The van der Waals surface area contributed by atoms with Gasteiger partial charge in [-0.3, -0.25) is 4.79 Å². The third-order valence-corrected chi connectivity index (χ3v) is 4.85. The molecule has 1 heterocycles. The minimum Gasteiger partial charge on any atom is -0.338 e. The number of carbonyl (C=O) groups is 1. The summed E-state index contributed by atoms with van der Waals surface area (Å²) in [4.78, 5) is 14.6. The molecule has 1 amide bonds. The Bertz CT molecular complexity index is 356. The number of hydrogen-bond acceptors (Lipinski definition) is 1. The summed E-state index contributed by atoms with van der Waals surface area (Å²) in [7, 11) is 0. The van der Waals surface area contributed by atoms with Gasteiger partial charge in [-0.1, -0.05) is 39.3 Å². The highest BCUT2D eigenvalue weighted by Gasteiger charge is 2.30. The number of nitrogens with zero attached hydrogens (tertiary/aromatic N) is 1. The van der Waals surface area contributed by atoms with Gasteiger partial charge in [-0.25, -0.2) is 0 Å². The average molecular weight is 263 g/mol. The molecular formula is C17H29NO. The smallest absolute Gasteiger partial charge is 0.225 e. The van der Waals surface area contributed by atoms with Crippen molar-refractivity contribution in [3.63, 3.8) is 0 Å². The van der Waals surface area contributed by atoms with E-state index >= 15 is 0 Å². The normalized spacial score (nSPS) is 29.1. The maximum absolute atomic E-state index is 12.5. The van der Waals surface area contributed by atoms with E-state index in [9.17, 15) is 4.79 Å². The van der Waals surface area contributed by atoms with Crippen LogP contribution in [0, 0.1) is 17.3 Å². The molecule has 2 nitrogen and oxygen atoms in total. The summed E-state index contributed by atoms with van der Waals surface area (Å²) >= 11 is 0. The van der Waals surface area contributed by atoms with E-state index in [1.165, 1.54) is 18.4 Å². The molecule has 0 saturated heterocycles. The van der Waals surface area contributed by atoms with Gasteiger partial charge in [-0.05, 0) is 43.4 Å². The van der Waals surface area contributed by atoms with Crippen LogP contribution in [0.25, 0.3) is 0 Å². The molecule has 108 valence electrons. The molecule has 1 saturated carbocycles. The Morgan fingerprint density at radius 1 is 1.21 bits per heavy atom. The molecule has 0 aromatic heterocycles. The molecule has 2 heteroatoms. The second-order valence-corrected chi connectivity index (χ2v) is 7.47. The van der Waals surface area contributed by atoms with E-state index in [0.29, 0.717) is 11.8 Å². The number of carbonyl (C=O) groups excluding carboxylic acids is 1. The fourth-order valence-corrected chi connectivity index (χ4v) is 3.32. The van der Waals surface area contributed by atoms with Gasteiger partial charge in [-0.2, -0.15) is 0 Å². The predicted octanol–water partition coefficient (Wildman–Crippen LogP) is 4.02. The Hall–Kier alpha value is -0.790. The molecule has 2 aliphatic rings. The van der Waals surface area contributed by atoms with Gasteiger partial charge in [0.25, 0.3) is 0 Å². The molecule has 0 spiro atoms. The van der Waals surface area contributed by atoms with Gasteiger partial charge in [-0.15, -0.1) is 0 Å². The van der Waals surface area contributed by atoms with Crippen LogP contribution in [-0.2, 0) is 4.79 Å². The lowest BCUT2D eigenvalue weighted by atomic mass is 9.81. The molecule has 19 heavy (non-hydrogen) atoms. The Morgan fingerprint density at radius 3 is 2.32 bits per heavy atom. The molecule has 1 aliphatic carbocycles. The first kappa shape index (κ1) is 14.6. The number of rotatable bonds is 1. The van der Waals surface area contributed by atoms with Gasteiger partial charge in [0.1, 0.15) is 0 Å². The number of amides is 1. The maximum Gasteiger partial charge on any atom is 0.225 e. The SMILES string of the molecule is CC1CCC(C(=O)N2CC=C(C(C)(C)C)CC2)CC1. The van der Waals surface area contributed by atoms with E-state index < -0.39 is 0 Å². The van der Waals surface area contributed by atoms with Crippen molar-refractivity contribution in [2.45, 2.75) is 59.8 Å². The second kappa shape index (κ2) is 5.68. The summed E-state index contributed by atoms with van der Waals surface area (Å²) in [6.45, 7) is 10.8. The largest absolute Gasteiger partial charge is 0.338 e. The summed E-state index contributed by atoms with van der Waals surface area (Å²) in [5.41, 5.74) is 1.77. The fraction of sp³-hybridized carbons (Fsp3) is 0.824. The maximum atomic E-state index is 12.5. The van der Waals surface area contributed by atoms with Crippen molar-refractivity contribution in [1.82, 2.24) is 4.90 Å². The predicted molar refractivity (Wildman–Crippen MR) is 79.9 cm³/mol. The summed E-state index contributed by atoms with van der Waals surface area (Å²) < 4.78 is 0. The lowest BCUT2D eigenvalue weighted by Crippen LogP contribution is -2.41. The lowest BCUT2D eigenvalue weighted by Gasteiger charge is -2.35. The van der Waals surface area contributed by atoms with Crippen molar-refractivity contribution in [3.8, 4) is 0 Å². The van der Waals surface area contributed by atoms with Crippen molar-refractivity contribution in [2.24, 2.45) is 17.3 Å². The Balaban J connectivity index is 1.91. The van der Waals surface area contributed by atoms with E-state index in [2.05, 4.69) is 38.7 Å². The zero-order valence-electron chi connectivity index (χ0n) is 13.0. The quantitative estimate of drug-likeness (QED) is 0.654. The van der Waals surface area contributed by atoms with Gasteiger partial charge in [0.05, 0.1) is 0 Å². The third kappa shape index (κ3) is 3.61. The van der Waals surface area contributed by atoms with Crippen molar-refractivity contribution in [3.05, 3.63) is 11.6 Å². The van der Waals surface area contributed by atoms with Gasteiger partial charge in [0.2, 0.25) is 5.91 Å². The van der Waals surface area contributed by atoms with Gasteiger partial charge in [0, 0.05) is 19.0 Å². The standard InChI is InChI=1S/C17H29NO/c1-13-5-7-14(8-6-13)16(19)18-11-9-15(10-12-18)17(2,3)4/h9,13-14H,5-8,10-12H2,1-4H3. The van der Waals surface area contributed by atoms with Crippen LogP contribution in [0.5, 0.6) is 0 Å². The molecule has 1 fully saturated rings. The van der Waals surface area contributed by atoms with Crippen LogP contribution in [0.1, 0.15) is 59.8 Å². The van der Waals surface area contributed by atoms with E-state index in [1.807, 2.05) is 0 Å². The average Bonchev–Trinajstić information content (AvgIpc) is 2.38. The van der Waals surface area contributed by atoms with E-state index in [4.69, 9.17) is 0 Å². The van der Waals surface area contributed by atoms with Crippen LogP contribution >= 0.6 is 0 Å². The molecule has 1 aliphatic heterocycles. The van der Waals surface area contributed by atoms with Crippen molar-refractivity contribution < 1.29 is 4.79 Å². The first-order chi connectivity index (χ1) is 8.88. The molecule has 2 rings (SSSR count). The van der Waals surface area contributed by atoms with Gasteiger partial charge in [0.15, 0.2) is 0 Å². The van der Waals surface area contributed by atoms with Gasteiger partial charge >= 0.3 is 0 Å². The molecule has 0 atom stereocenters. The highest BCUT2D eigenvalue weighted by atomic mass is 16.2. The molecule has 0 unspecified atom stereocenters. The minimum absolute atomic E-state index is 0.259. The highest BCUT2D eigenvalue weighted by molar-refractivity contribution is 5.79. The molecular weight excluding hydrogens is 234 g/mol. The highest BCUT2D eigenvalue weighted by Crippen LogP contribution is 2.33. The second-order valence-electron chi connectivity index (χ2n) is 7.47. The van der Waals surface area contributed by atoms with E-state index in [-0.39, 0.29) is 5.41 Å². The van der Waals surface area contributed by atoms with Crippen molar-refractivity contribution in [2.75, 3.05) is 13.1 Å². The zero-order valence-corrected chi connectivity index (χ0v) is 13.0. The Morgan fingerprint density at radius 2 is 1.84 bits per heavy atom. The first-order valence-corrected chi connectivity index (χ1v) is 7.86. The van der Waals surface area contributed by atoms with Crippen LogP contribution in [0.4, 0.5) is 0 Å². The van der Waals surface area contributed by atoms with Crippen LogP contribution in [0.15, 0.2) is 11.6 Å².